The van der Waals surface area contributed by atoms with Crippen molar-refractivity contribution in [3.05, 3.63) is 0 Å². The first-order chi connectivity index (χ1) is 10.7. The molecule has 0 saturated carbocycles. The van der Waals surface area contributed by atoms with E-state index in [9.17, 15) is 5.11 Å². The van der Waals surface area contributed by atoms with E-state index < -0.39 is 0 Å². The summed E-state index contributed by atoms with van der Waals surface area (Å²) in [6.45, 7) is 6.24. The van der Waals surface area contributed by atoms with Crippen LogP contribution in [0.3, 0.4) is 0 Å². The Labute approximate surface area is 140 Å². The lowest BCUT2D eigenvalue weighted by atomic mass is 10.0. The van der Waals surface area contributed by atoms with Crippen LogP contribution in [0.15, 0.2) is 0 Å². The molecular formula is C20H43NO. The van der Waals surface area contributed by atoms with Gasteiger partial charge in [0.1, 0.15) is 6.23 Å². The van der Waals surface area contributed by atoms with E-state index in [2.05, 4.69) is 19.2 Å². The maximum absolute atomic E-state index is 9.23. The first kappa shape index (κ1) is 21.9. The first-order valence-electron chi connectivity index (χ1n) is 10.1. The molecule has 134 valence electrons. The first-order valence-corrected chi connectivity index (χ1v) is 10.1. The van der Waals surface area contributed by atoms with Crippen LogP contribution in [0.4, 0.5) is 0 Å². The second kappa shape index (κ2) is 17.3. The Kier molecular flexibility index (Phi) is 17.2. The molecule has 0 spiro atoms. The van der Waals surface area contributed by atoms with E-state index in [0.29, 0.717) is 6.04 Å². The van der Waals surface area contributed by atoms with Gasteiger partial charge in [0, 0.05) is 6.04 Å². The van der Waals surface area contributed by atoms with Crippen molar-refractivity contribution in [2.45, 2.75) is 129 Å². The van der Waals surface area contributed by atoms with Gasteiger partial charge in [-0.25, -0.2) is 0 Å². The molecule has 0 aromatic heterocycles. The van der Waals surface area contributed by atoms with Gasteiger partial charge < -0.3 is 5.11 Å². The Morgan fingerprint density at radius 2 is 1.00 bits per heavy atom. The van der Waals surface area contributed by atoms with Gasteiger partial charge in [0.15, 0.2) is 0 Å². The molecular weight excluding hydrogens is 270 g/mol. The van der Waals surface area contributed by atoms with Gasteiger partial charge in [-0.3, -0.25) is 5.32 Å². The molecule has 0 aromatic rings. The summed E-state index contributed by atoms with van der Waals surface area (Å²) in [5.41, 5.74) is 0. The Hall–Kier alpha value is -0.0800. The van der Waals surface area contributed by atoms with Crippen LogP contribution in [-0.2, 0) is 0 Å². The van der Waals surface area contributed by atoms with Crippen LogP contribution in [0.5, 0.6) is 0 Å². The number of hydrogen-bond donors (Lipinski definition) is 2. The van der Waals surface area contributed by atoms with Gasteiger partial charge in [0.25, 0.3) is 0 Å². The summed E-state index contributed by atoms with van der Waals surface area (Å²) in [4.78, 5) is 0. The van der Waals surface area contributed by atoms with Crippen molar-refractivity contribution in [3.63, 3.8) is 0 Å². The second-order valence-corrected chi connectivity index (χ2v) is 7.13. The fourth-order valence-corrected chi connectivity index (χ4v) is 3.14. The molecule has 0 aliphatic heterocycles. The molecule has 22 heavy (non-hydrogen) atoms. The number of rotatable bonds is 17. The molecule has 0 aromatic carbocycles. The molecule has 2 atom stereocenters. The highest BCUT2D eigenvalue weighted by molar-refractivity contribution is 4.61. The average molecular weight is 314 g/mol. The Bertz CT molecular complexity index is 206. The van der Waals surface area contributed by atoms with Gasteiger partial charge in [0.05, 0.1) is 0 Å². The minimum atomic E-state index is -0.373. The number of aliphatic hydroxyl groups excluding tert-OH is 1. The van der Waals surface area contributed by atoms with Gasteiger partial charge in [-0.15, -0.1) is 0 Å². The van der Waals surface area contributed by atoms with Gasteiger partial charge in [-0.05, 0) is 20.3 Å². The largest absolute Gasteiger partial charge is 0.379 e. The van der Waals surface area contributed by atoms with E-state index in [-0.39, 0.29) is 6.23 Å². The maximum atomic E-state index is 9.23. The molecule has 2 heteroatoms. The van der Waals surface area contributed by atoms with Crippen LogP contribution >= 0.6 is 0 Å². The third-order valence-electron chi connectivity index (χ3n) is 4.52. The third-order valence-corrected chi connectivity index (χ3v) is 4.52. The number of hydrogen-bond acceptors (Lipinski definition) is 2. The predicted octanol–water partition coefficient (Wildman–Crippen LogP) is 6.17. The summed E-state index contributed by atoms with van der Waals surface area (Å²) < 4.78 is 0. The van der Waals surface area contributed by atoms with Crippen molar-refractivity contribution < 1.29 is 5.11 Å². The Morgan fingerprint density at radius 3 is 1.36 bits per heavy atom. The molecule has 0 rings (SSSR count). The summed E-state index contributed by atoms with van der Waals surface area (Å²) in [7, 11) is 0. The van der Waals surface area contributed by atoms with Crippen molar-refractivity contribution in [2.75, 3.05) is 0 Å². The SMILES string of the molecule is CCCCCCCCCCCCCCCCC(C)NC(C)O. The van der Waals surface area contributed by atoms with E-state index in [1.807, 2.05) is 0 Å². The molecule has 0 radical (unpaired) electrons. The lowest BCUT2D eigenvalue weighted by Gasteiger charge is -2.15. The fraction of sp³-hybridized carbons (Fsp3) is 1.00. The number of aliphatic hydroxyl groups is 1. The van der Waals surface area contributed by atoms with Crippen LogP contribution in [0.25, 0.3) is 0 Å². The zero-order chi connectivity index (χ0) is 16.5. The fourth-order valence-electron chi connectivity index (χ4n) is 3.14. The van der Waals surface area contributed by atoms with Crippen LogP contribution in [-0.4, -0.2) is 17.4 Å². The minimum absolute atomic E-state index is 0.373. The standard InChI is InChI=1S/C20H43NO/c1-4-5-6-7-8-9-10-11-12-13-14-15-16-17-18-19(2)21-20(3)22/h19-22H,4-18H2,1-3H3. The molecule has 0 amide bonds. The monoisotopic (exact) mass is 313 g/mol. The van der Waals surface area contributed by atoms with Gasteiger partial charge in [-0.2, -0.15) is 0 Å². The van der Waals surface area contributed by atoms with Gasteiger partial charge >= 0.3 is 0 Å². The van der Waals surface area contributed by atoms with E-state index >= 15 is 0 Å². The highest BCUT2D eigenvalue weighted by atomic mass is 16.3. The lowest BCUT2D eigenvalue weighted by Crippen LogP contribution is -2.33. The van der Waals surface area contributed by atoms with E-state index in [4.69, 9.17) is 0 Å². The molecule has 0 saturated heterocycles. The molecule has 0 fully saturated rings. The van der Waals surface area contributed by atoms with Gasteiger partial charge in [-0.1, -0.05) is 96.8 Å². The zero-order valence-corrected chi connectivity index (χ0v) is 15.7. The molecule has 0 aliphatic rings. The Morgan fingerprint density at radius 1 is 0.636 bits per heavy atom. The van der Waals surface area contributed by atoms with Crippen LogP contribution in [0, 0.1) is 0 Å². The smallest absolute Gasteiger partial charge is 0.102 e. The minimum Gasteiger partial charge on any atom is -0.379 e. The van der Waals surface area contributed by atoms with E-state index in [1.165, 1.54) is 96.3 Å². The summed E-state index contributed by atoms with van der Waals surface area (Å²) in [6, 6.07) is 0.442. The molecule has 0 heterocycles. The number of unbranched alkanes of at least 4 members (excludes halogenated alkanes) is 13. The molecule has 2 unspecified atom stereocenters. The Balaban J connectivity index is 3.05. The highest BCUT2D eigenvalue weighted by Gasteiger charge is 2.03. The van der Waals surface area contributed by atoms with Crippen LogP contribution in [0.1, 0.15) is 117 Å². The van der Waals surface area contributed by atoms with Crippen molar-refractivity contribution in [1.82, 2.24) is 5.32 Å². The lowest BCUT2D eigenvalue weighted by molar-refractivity contribution is 0.141. The summed E-state index contributed by atoms with van der Waals surface area (Å²) in [5.74, 6) is 0. The van der Waals surface area contributed by atoms with Crippen LogP contribution < -0.4 is 5.32 Å². The summed E-state index contributed by atoms with van der Waals surface area (Å²) in [5, 5.41) is 12.4. The summed E-state index contributed by atoms with van der Waals surface area (Å²) >= 11 is 0. The highest BCUT2D eigenvalue weighted by Crippen LogP contribution is 2.13. The van der Waals surface area contributed by atoms with Crippen molar-refractivity contribution >= 4 is 0 Å². The van der Waals surface area contributed by atoms with Gasteiger partial charge in [0.2, 0.25) is 0 Å². The van der Waals surface area contributed by atoms with Crippen molar-refractivity contribution in [3.8, 4) is 0 Å². The van der Waals surface area contributed by atoms with Crippen molar-refractivity contribution in [1.29, 1.82) is 0 Å². The second-order valence-electron chi connectivity index (χ2n) is 7.13. The molecule has 0 aliphatic carbocycles. The molecule has 0 bridgehead atoms. The van der Waals surface area contributed by atoms with Crippen LogP contribution in [0.2, 0.25) is 0 Å². The summed E-state index contributed by atoms with van der Waals surface area (Å²) in [6.07, 6.45) is 20.6. The normalized spacial score (nSPS) is 14.2. The predicted molar refractivity (Wildman–Crippen MR) is 99.2 cm³/mol. The van der Waals surface area contributed by atoms with Crippen molar-refractivity contribution in [2.24, 2.45) is 0 Å². The van der Waals surface area contributed by atoms with E-state index in [0.717, 1.165) is 0 Å². The zero-order valence-electron chi connectivity index (χ0n) is 15.7. The number of nitrogens with one attached hydrogen (secondary N) is 1. The molecule has 2 nitrogen and oxygen atoms in total. The topological polar surface area (TPSA) is 32.3 Å². The quantitative estimate of drug-likeness (QED) is 0.248. The maximum Gasteiger partial charge on any atom is 0.102 e. The molecule has 2 N–H and O–H groups in total. The van der Waals surface area contributed by atoms with E-state index in [1.54, 1.807) is 6.92 Å². The average Bonchev–Trinajstić information content (AvgIpc) is 2.47. The third kappa shape index (κ3) is 18.0.